The molecule has 0 fully saturated rings. The number of aliphatic hydroxyl groups is 1. The van der Waals surface area contributed by atoms with Crippen LogP contribution in [0.1, 0.15) is 19.8 Å². The van der Waals surface area contributed by atoms with E-state index >= 15 is 0 Å². The van der Waals surface area contributed by atoms with Gasteiger partial charge in [0.05, 0.1) is 5.39 Å². The van der Waals surface area contributed by atoms with Gasteiger partial charge in [0.25, 0.3) is 0 Å². The molecule has 0 saturated carbocycles. The molecule has 0 radical (unpaired) electrons. The Morgan fingerprint density at radius 3 is 3.00 bits per heavy atom. The molecular weight excluding hydrogens is 248 g/mol. The van der Waals surface area contributed by atoms with Crippen LogP contribution in [0, 0.1) is 0 Å². The molecule has 2 aromatic rings. The number of anilines is 2. The highest BCUT2D eigenvalue weighted by atomic mass is 32.1. The molecule has 6 heteroatoms. The van der Waals surface area contributed by atoms with Crippen molar-refractivity contribution in [3.63, 3.8) is 0 Å². The van der Waals surface area contributed by atoms with Gasteiger partial charge in [-0.2, -0.15) is 4.98 Å². The van der Waals surface area contributed by atoms with Gasteiger partial charge in [0.15, 0.2) is 0 Å². The summed E-state index contributed by atoms with van der Waals surface area (Å²) in [5.74, 6) is 1.48. The summed E-state index contributed by atoms with van der Waals surface area (Å²) in [4.78, 5) is 9.83. The average molecular weight is 266 g/mol. The second kappa shape index (κ2) is 5.97. The van der Waals surface area contributed by atoms with E-state index in [2.05, 4.69) is 27.5 Å². The lowest BCUT2D eigenvalue weighted by molar-refractivity contribution is 0.282. The van der Waals surface area contributed by atoms with Gasteiger partial charge in [-0.25, -0.2) is 4.98 Å². The largest absolute Gasteiger partial charge is 0.396 e. The molecule has 0 bridgehead atoms. The van der Waals surface area contributed by atoms with Crippen LogP contribution in [0.25, 0.3) is 10.2 Å². The van der Waals surface area contributed by atoms with Crippen molar-refractivity contribution in [3.05, 3.63) is 11.4 Å². The molecule has 3 N–H and O–H groups in total. The first-order valence-electron chi connectivity index (χ1n) is 6.05. The highest BCUT2D eigenvalue weighted by molar-refractivity contribution is 7.16. The number of thiophene rings is 1. The summed E-state index contributed by atoms with van der Waals surface area (Å²) >= 11 is 1.60. The summed E-state index contributed by atoms with van der Waals surface area (Å²) in [6.45, 7) is 2.32. The maximum absolute atomic E-state index is 8.84. The van der Waals surface area contributed by atoms with Gasteiger partial charge < -0.3 is 15.7 Å². The second-order valence-corrected chi connectivity index (χ2v) is 5.09. The monoisotopic (exact) mass is 266 g/mol. The molecule has 98 valence electrons. The fourth-order valence-electron chi connectivity index (χ4n) is 1.78. The highest BCUT2D eigenvalue weighted by Gasteiger charge is 2.10. The molecule has 5 nitrogen and oxygen atoms in total. The topological polar surface area (TPSA) is 70.1 Å². The quantitative estimate of drug-likeness (QED) is 0.748. The van der Waals surface area contributed by atoms with Crippen LogP contribution >= 0.6 is 11.3 Å². The van der Waals surface area contributed by atoms with Gasteiger partial charge in [-0.1, -0.05) is 0 Å². The van der Waals surface area contributed by atoms with Crippen LogP contribution < -0.4 is 10.6 Å². The molecule has 2 heterocycles. The second-order valence-electron chi connectivity index (χ2n) is 4.20. The zero-order valence-electron chi connectivity index (χ0n) is 10.6. The zero-order valence-corrected chi connectivity index (χ0v) is 11.4. The maximum atomic E-state index is 8.84. The third kappa shape index (κ3) is 2.88. The number of fused-ring (bicyclic) bond motifs is 1. The lowest BCUT2D eigenvalue weighted by Gasteiger charge is -2.15. The number of hydrogen-bond donors (Lipinski definition) is 3. The van der Waals surface area contributed by atoms with Crippen LogP contribution in [0.5, 0.6) is 0 Å². The molecule has 2 rings (SSSR count). The molecular formula is C12H18N4OS. The molecule has 0 aromatic carbocycles. The highest BCUT2D eigenvalue weighted by Crippen LogP contribution is 2.27. The lowest BCUT2D eigenvalue weighted by Crippen LogP contribution is -2.17. The fourth-order valence-corrected chi connectivity index (χ4v) is 2.54. The smallest absolute Gasteiger partial charge is 0.225 e. The van der Waals surface area contributed by atoms with E-state index in [1.54, 1.807) is 11.3 Å². The summed E-state index contributed by atoms with van der Waals surface area (Å²) in [6.07, 6.45) is 1.71. The Labute approximate surface area is 110 Å². The number of hydrogen-bond acceptors (Lipinski definition) is 6. The number of rotatable bonds is 6. The Kier molecular flexibility index (Phi) is 4.33. The summed E-state index contributed by atoms with van der Waals surface area (Å²) in [5, 5.41) is 18.3. The molecule has 0 aliphatic rings. The molecule has 0 spiro atoms. The molecule has 2 aromatic heterocycles. The van der Waals surface area contributed by atoms with Crippen molar-refractivity contribution < 1.29 is 5.11 Å². The zero-order chi connectivity index (χ0) is 13.0. The number of nitrogens with zero attached hydrogens (tertiary/aromatic N) is 2. The van der Waals surface area contributed by atoms with Gasteiger partial charge in [0.2, 0.25) is 5.95 Å². The van der Waals surface area contributed by atoms with Crippen LogP contribution in [-0.2, 0) is 0 Å². The lowest BCUT2D eigenvalue weighted by atomic mass is 10.2. The SMILES string of the molecule is CNc1nc(NC(C)CCCO)c2ccsc2n1. The van der Waals surface area contributed by atoms with E-state index < -0.39 is 0 Å². The predicted molar refractivity (Wildman–Crippen MR) is 76.4 cm³/mol. The van der Waals surface area contributed by atoms with E-state index in [9.17, 15) is 0 Å². The van der Waals surface area contributed by atoms with Crippen molar-refractivity contribution in [3.8, 4) is 0 Å². The summed E-state index contributed by atoms with van der Waals surface area (Å²) in [7, 11) is 1.81. The van der Waals surface area contributed by atoms with Crippen molar-refractivity contribution in [1.29, 1.82) is 0 Å². The van der Waals surface area contributed by atoms with E-state index in [0.717, 1.165) is 28.9 Å². The molecule has 0 amide bonds. The van der Waals surface area contributed by atoms with Crippen LogP contribution in [0.15, 0.2) is 11.4 Å². The van der Waals surface area contributed by atoms with E-state index in [1.165, 1.54) is 0 Å². The van der Waals surface area contributed by atoms with Crippen molar-refractivity contribution in [2.24, 2.45) is 0 Å². The Balaban J connectivity index is 2.22. The summed E-state index contributed by atoms with van der Waals surface area (Å²) in [5.41, 5.74) is 0. The predicted octanol–water partition coefficient (Wildman–Crippen LogP) is 2.31. The first-order valence-corrected chi connectivity index (χ1v) is 6.93. The standard InChI is InChI=1S/C12H18N4OS/c1-8(4-3-6-17)14-10-9-5-7-18-11(9)16-12(13-2)15-10/h5,7-8,17H,3-4,6H2,1-2H3,(H2,13,14,15,16). The van der Waals surface area contributed by atoms with E-state index in [4.69, 9.17) is 5.11 Å². The van der Waals surface area contributed by atoms with Gasteiger partial charge >= 0.3 is 0 Å². The fraction of sp³-hybridized carbons (Fsp3) is 0.500. The van der Waals surface area contributed by atoms with Gasteiger partial charge in [0, 0.05) is 19.7 Å². The minimum absolute atomic E-state index is 0.228. The third-order valence-corrected chi connectivity index (χ3v) is 3.53. The van der Waals surface area contributed by atoms with Gasteiger partial charge in [-0.15, -0.1) is 11.3 Å². The van der Waals surface area contributed by atoms with Crippen molar-refractivity contribution in [2.45, 2.75) is 25.8 Å². The van der Waals surface area contributed by atoms with Crippen LogP contribution in [0.3, 0.4) is 0 Å². The van der Waals surface area contributed by atoms with E-state index in [0.29, 0.717) is 5.95 Å². The molecule has 18 heavy (non-hydrogen) atoms. The number of aliphatic hydroxyl groups excluding tert-OH is 1. The van der Waals surface area contributed by atoms with Crippen molar-refractivity contribution >= 4 is 33.3 Å². The van der Waals surface area contributed by atoms with Crippen LogP contribution in [0.4, 0.5) is 11.8 Å². The Hall–Kier alpha value is -1.40. The van der Waals surface area contributed by atoms with Gasteiger partial charge in [-0.05, 0) is 31.2 Å². The Morgan fingerprint density at radius 2 is 2.28 bits per heavy atom. The normalized spacial score (nSPS) is 12.6. The molecule has 0 aliphatic carbocycles. The molecule has 1 unspecified atom stereocenters. The van der Waals surface area contributed by atoms with Crippen LogP contribution in [0.2, 0.25) is 0 Å². The molecule has 0 aliphatic heterocycles. The number of aromatic nitrogens is 2. The number of nitrogens with one attached hydrogen (secondary N) is 2. The first kappa shape index (κ1) is 13.0. The summed E-state index contributed by atoms with van der Waals surface area (Å²) in [6, 6.07) is 2.31. The first-order chi connectivity index (χ1) is 8.74. The van der Waals surface area contributed by atoms with E-state index in [1.807, 2.05) is 18.5 Å². The minimum Gasteiger partial charge on any atom is -0.396 e. The molecule has 0 saturated heterocycles. The third-order valence-electron chi connectivity index (χ3n) is 2.73. The van der Waals surface area contributed by atoms with Crippen molar-refractivity contribution in [2.75, 3.05) is 24.3 Å². The Bertz CT molecular complexity index is 514. The minimum atomic E-state index is 0.228. The van der Waals surface area contributed by atoms with Gasteiger partial charge in [-0.3, -0.25) is 0 Å². The Morgan fingerprint density at radius 1 is 1.44 bits per heavy atom. The summed E-state index contributed by atoms with van der Waals surface area (Å²) < 4.78 is 0. The average Bonchev–Trinajstić information content (AvgIpc) is 2.84. The maximum Gasteiger partial charge on any atom is 0.225 e. The van der Waals surface area contributed by atoms with E-state index in [-0.39, 0.29) is 12.6 Å². The van der Waals surface area contributed by atoms with Crippen molar-refractivity contribution in [1.82, 2.24) is 9.97 Å². The van der Waals surface area contributed by atoms with Gasteiger partial charge in [0.1, 0.15) is 10.6 Å². The molecule has 1 atom stereocenters. The van der Waals surface area contributed by atoms with Crippen LogP contribution in [-0.4, -0.2) is 34.8 Å².